The van der Waals surface area contributed by atoms with E-state index in [2.05, 4.69) is 20.5 Å². The minimum atomic E-state index is -0.113. The van der Waals surface area contributed by atoms with E-state index in [9.17, 15) is 9.59 Å². The lowest BCUT2D eigenvalue weighted by molar-refractivity contribution is -0.129. The van der Waals surface area contributed by atoms with Gasteiger partial charge in [-0.3, -0.25) is 9.59 Å². The molecule has 1 aromatic heterocycles. The summed E-state index contributed by atoms with van der Waals surface area (Å²) in [5.41, 5.74) is 1.06. The van der Waals surface area contributed by atoms with Crippen molar-refractivity contribution in [3.05, 3.63) is 23.9 Å². The molecule has 1 atom stereocenters. The van der Waals surface area contributed by atoms with E-state index in [1.54, 1.807) is 6.20 Å². The number of hydrogen-bond acceptors (Lipinski definition) is 4. The molecule has 0 aliphatic carbocycles. The summed E-state index contributed by atoms with van der Waals surface area (Å²) >= 11 is 0. The summed E-state index contributed by atoms with van der Waals surface area (Å²) in [6, 6.07) is 3.98. The number of amides is 2. The van der Waals surface area contributed by atoms with Gasteiger partial charge in [0.05, 0.1) is 5.92 Å². The Kier molecular flexibility index (Phi) is 4.56. The van der Waals surface area contributed by atoms with E-state index in [1.807, 2.05) is 12.1 Å². The summed E-state index contributed by atoms with van der Waals surface area (Å²) in [5, 5.41) is 5.71. The average Bonchev–Trinajstić information content (AvgIpc) is 3.08. The largest absolute Gasteiger partial charge is 0.357 e. The summed E-state index contributed by atoms with van der Waals surface area (Å²) in [6.07, 6.45) is 5.31. The monoisotopic (exact) mass is 302 g/mol. The van der Waals surface area contributed by atoms with Gasteiger partial charge in [0, 0.05) is 38.8 Å². The highest BCUT2D eigenvalue weighted by Crippen LogP contribution is 2.18. The second-order valence-corrected chi connectivity index (χ2v) is 5.97. The molecule has 3 rings (SSSR count). The lowest BCUT2D eigenvalue weighted by Crippen LogP contribution is -2.42. The number of carbonyl (C=O) groups excluding carboxylic acids is 2. The summed E-state index contributed by atoms with van der Waals surface area (Å²) in [4.78, 5) is 29.9. The number of nitrogens with zero attached hydrogens (tertiary/aromatic N) is 2. The molecular weight excluding hydrogens is 280 g/mol. The molecule has 2 aliphatic heterocycles. The zero-order valence-electron chi connectivity index (χ0n) is 12.7. The lowest BCUT2D eigenvalue weighted by Gasteiger charge is -2.22. The van der Waals surface area contributed by atoms with Crippen LogP contribution in [-0.4, -0.2) is 36.4 Å². The molecule has 6 heteroatoms. The molecule has 2 N–H and O–H groups in total. The van der Waals surface area contributed by atoms with Crippen LogP contribution in [0.2, 0.25) is 0 Å². The summed E-state index contributed by atoms with van der Waals surface area (Å²) in [6.45, 7) is 3.07. The molecule has 2 amide bonds. The van der Waals surface area contributed by atoms with Gasteiger partial charge in [-0.2, -0.15) is 0 Å². The third kappa shape index (κ3) is 3.55. The molecule has 22 heavy (non-hydrogen) atoms. The Balaban J connectivity index is 1.53. The first-order valence-electron chi connectivity index (χ1n) is 7.96. The van der Waals surface area contributed by atoms with Gasteiger partial charge >= 0.3 is 0 Å². The second-order valence-electron chi connectivity index (χ2n) is 5.97. The molecule has 0 spiro atoms. The maximum absolute atomic E-state index is 12.1. The molecule has 0 saturated carbocycles. The summed E-state index contributed by atoms with van der Waals surface area (Å²) in [7, 11) is 0. The molecule has 1 aromatic rings. The normalized spacial score (nSPS) is 21.5. The number of piperidine rings is 1. The first kappa shape index (κ1) is 14.8. The molecule has 3 heterocycles. The van der Waals surface area contributed by atoms with Gasteiger partial charge < -0.3 is 15.5 Å². The van der Waals surface area contributed by atoms with Crippen LogP contribution in [0.3, 0.4) is 0 Å². The van der Waals surface area contributed by atoms with Gasteiger partial charge in [0.25, 0.3) is 0 Å². The van der Waals surface area contributed by atoms with Gasteiger partial charge in [0.1, 0.15) is 5.82 Å². The van der Waals surface area contributed by atoms with Crippen LogP contribution in [0.15, 0.2) is 18.3 Å². The van der Waals surface area contributed by atoms with Gasteiger partial charge in [-0.05, 0) is 37.0 Å². The lowest BCUT2D eigenvalue weighted by atomic mass is 9.98. The fourth-order valence-corrected chi connectivity index (χ4v) is 2.98. The van der Waals surface area contributed by atoms with Crippen LogP contribution in [0, 0.1) is 5.92 Å². The topological polar surface area (TPSA) is 74.3 Å². The first-order valence-corrected chi connectivity index (χ1v) is 7.96. The van der Waals surface area contributed by atoms with Crippen molar-refractivity contribution in [3.8, 4) is 0 Å². The van der Waals surface area contributed by atoms with Crippen molar-refractivity contribution >= 4 is 17.6 Å². The molecule has 0 bridgehead atoms. The van der Waals surface area contributed by atoms with Crippen LogP contribution in [0.1, 0.15) is 31.2 Å². The molecule has 2 aliphatic rings. The highest BCUT2D eigenvalue weighted by atomic mass is 16.2. The van der Waals surface area contributed by atoms with Crippen LogP contribution in [0.5, 0.6) is 0 Å². The predicted molar refractivity (Wildman–Crippen MR) is 83.3 cm³/mol. The van der Waals surface area contributed by atoms with Crippen molar-refractivity contribution in [2.24, 2.45) is 5.92 Å². The molecular formula is C16H22N4O2. The molecule has 118 valence electrons. The van der Waals surface area contributed by atoms with Crippen molar-refractivity contribution in [2.75, 3.05) is 24.5 Å². The second kappa shape index (κ2) is 6.77. The number of nitrogens with one attached hydrogen (secondary N) is 2. The Hall–Kier alpha value is -2.11. The first-order chi connectivity index (χ1) is 10.7. The minimum absolute atomic E-state index is 0.0135. The number of pyridine rings is 1. The van der Waals surface area contributed by atoms with Crippen LogP contribution in [-0.2, 0) is 16.1 Å². The van der Waals surface area contributed by atoms with E-state index in [1.165, 1.54) is 12.8 Å². The van der Waals surface area contributed by atoms with E-state index >= 15 is 0 Å². The standard InChI is InChI=1S/C16H22N4O2/c21-15-4-3-13(11-18-15)16(22)19-10-12-5-6-17-14(9-12)20-7-1-2-8-20/h5-6,9,13H,1-4,7-8,10-11H2,(H,18,21)(H,19,22). The van der Waals surface area contributed by atoms with Crippen molar-refractivity contribution < 1.29 is 9.59 Å². The Morgan fingerprint density at radius 2 is 2.23 bits per heavy atom. The van der Waals surface area contributed by atoms with Gasteiger partial charge in [0.15, 0.2) is 0 Å². The van der Waals surface area contributed by atoms with E-state index < -0.39 is 0 Å². The molecule has 1 unspecified atom stereocenters. The molecule has 0 radical (unpaired) electrons. The summed E-state index contributed by atoms with van der Waals surface area (Å²) in [5.74, 6) is 0.930. The SMILES string of the molecule is O=C1CCC(C(=O)NCc2ccnc(N3CCCC3)c2)CN1. The van der Waals surface area contributed by atoms with E-state index in [4.69, 9.17) is 0 Å². The van der Waals surface area contributed by atoms with Gasteiger partial charge in [-0.1, -0.05) is 0 Å². The molecule has 6 nitrogen and oxygen atoms in total. The Bertz CT molecular complexity index is 545. The smallest absolute Gasteiger partial charge is 0.225 e. The predicted octanol–water partition coefficient (Wildman–Crippen LogP) is 0.824. The van der Waals surface area contributed by atoms with Crippen LogP contribution in [0.25, 0.3) is 0 Å². The molecule has 0 aromatic carbocycles. The van der Waals surface area contributed by atoms with Crippen molar-refractivity contribution in [1.82, 2.24) is 15.6 Å². The number of aromatic nitrogens is 1. The number of anilines is 1. The number of rotatable bonds is 4. The highest BCUT2D eigenvalue weighted by Gasteiger charge is 2.24. The Morgan fingerprint density at radius 1 is 1.41 bits per heavy atom. The van der Waals surface area contributed by atoms with Crippen molar-refractivity contribution in [1.29, 1.82) is 0 Å². The number of hydrogen-bond donors (Lipinski definition) is 2. The highest BCUT2D eigenvalue weighted by molar-refractivity contribution is 5.83. The maximum Gasteiger partial charge on any atom is 0.225 e. The average molecular weight is 302 g/mol. The fourth-order valence-electron chi connectivity index (χ4n) is 2.98. The molecule has 2 fully saturated rings. The van der Waals surface area contributed by atoms with Crippen molar-refractivity contribution in [2.45, 2.75) is 32.2 Å². The minimum Gasteiger partial charge on any atom is -0.357 e. The van der Waals surface area contributed by atoms with Crippen LogP contribution < -0.4 is 15.5 Å². The third-order valence-electron chi connectivity index (χ3n) is 4.34. The third-order valence-corrected chi connectivity index (χ3v) is 4.34. The zero-order chi connectivity index (χ0) is 15.4. The maximum atomic E-state index is 12.1. The Labute approximate surface area is 130 Å². The molecule has 2 saturated heterocycles. The zero-order valence-corrected chi connectivity index (χ0v) is 12.7. The van der Waals surface area contributed by atoms with Gasteiger partial charge in [-0.25, -0.2) is 4.98 Å². The van der Waals surface area contributed by atoms with Gasteiger partial charge in [0.2, 0.25) is 11.8 Å². The van der Waals surface area contributed by atoms with Crippen LogP contribution in [0.4, 0.5) is 5.82 Å². The van der Waals surface area contributed by atoms with Crippen molar-refractivity contribution in [3.63, 3.8) is 0 Å². The van der Waals surface area contributed by atoms with Crippen LogP contribution >= 0.6 is 0 Å². The Morgan fingerprint density at radius 3 is 2.95 bits per heavy atom. The quantitative estimate of drug-likeness (QED) is 0.864. The number of carbonyl (C=O) groups is 2. The summed E-state index contributed by atoms with van der Waals surface area (Å²) < 4.78 is 0. The van der Waals surface area contributed by atoms with Gasteiger partial charge in [-0.15, -0.1) is 0 Å². The van der Waals surface area contributed by atoms with E-state index in [0.29, 0.717) is 25.9 Å². The van der Waals surface area contributed by atoms with E-state index in [0.717, 1.165) is 24.5 Å². The fraction of sp³-hybridized carbons (Fsp3) is 0.562. The van der Waals surface area contributed by atoms with E-state index in [-0.39, 0.29) is 17.7 Å².